The summed E-state index contributed by atoms with van der Waals surface area (Å²) in [7, 11) is 1.47. The topological polar surface area (TPSA) is 99.6 Å². The number of aromatic nitrogens is 2. The van der Waals surface area contributed by atoms with Crippen LogP contribution < -0.4 is 15.4 Å². The van der Waals surface area contributed by atoms with Gasteiger partial charge in [0.05, 0.1) is 35.1 Å². The Hall–Kier alpha value is -2.79. The lowest BCUT2D eigenvalue weighted by atomic mass is 10.0. The number of pyridine rings is 2. The molecular weight excluding hydrogens is 469 g/mol. The maximum absolute atomic E-state index is 14.3. The summed E-state index contributed by atoms with van der Waals surface area (Å²) < 4.78 is 19.6. The van der Waals surface area contributed by atoms with Gasteiger partial charge < -0.3 is 25.4 Å². The first-order valence-electron chi connectivity index (χ1n) is 11.7. The highest BCUT2D eigenvalue weighted by Gasteiger charge is 2.30. The minimum Gasteiger partial charge on any atom is -0.493 e. The van der Waals surface area contributed by atoms with Gasteiger partial charge in [-0.1, -0.05) is 0 Å². The molecule has 2 aliphatic heterocycles. The van der Waals surface area contributed by atoms with Crippen LogP contribution >= 0.6 is 11.8 Å². The number of ether oxygens (including phenoxy) is 1. The number of aliphatic hydroxyl groups is 1. The van der Waals surface area contributed by atoms with Crippen molar-refractivity contribution in [2.45, 2.75) is 24.0 Å². The van der Waals surface area contributed by atoms with Gasteiger partial charge in [-0.05, 0) is 42.3 Å². The number of carbonyl (C=O) groups is 1. The number of halogens is 1. The summed E-state index contributed by atoms with van der Waals surface area (Å²) in [5.41, 5.74) is 2.53. The lowest BCUT2D eigenvalue weighted by Crippen LogP contribution is -2.30. The zero-order valence-corrected chi connectivity index (χ0v) is 20.3. The van der Waals surface area contributed by atoms with E-state index in [1.54, 1.807) is 12.3 Å². The van der Waals surface area contributed by atoms with Crippen LogP contribution in [0.3, 0.4) is 0 Å². The first-order valence-corrected chi connectivity index (χ1v) is 12.6. The molecule has 2 atom stereocenters. The molecule has 35 heavy (non-hydrogen) atoms. The van der Waals surface area contributed by atoms with E-state index in [1.807, 2.05) is 18.2 Å². The predicted octanol–water partition coefficient (Wildman–Crippen LogP) is 2.45. The zero-order valence-electron chi connectivity index (χ0n) is 19.5. The average Bonchev–Trinajstić information content (AvgIpc) is 3.21. The SMILES string of the molecule is COc1c(F)ccc2nccc(CCN3C[C@H](CNCc4ccc5c(n4)NC(=O)CS5)[C@H](O)C3)c12. The molecule has 2 aliphatic rings. The van der Waals surface area contributed by atoms with Gasteiger partial charge in [0.15, 0.2) is 11.6 Å². The molecule has 0 aliphatic carbocycles. The molecule has 10 heteroatoms. The highest BCUT2D eigenvalue weighted by molar-refractivity contribution is 8.00. The van der Waals surface area contributed by atoms with Crippen molar-refractivity contribution in [2.75, 3.05) is 44.4 Å². The van der Waals surface area contributed by atoms with Crippen molar-refractivity contribution in [3.63, 3.8) is 0 Å². The van der Waals surface area contributed by atoms with Crippen molar-refractivity contribution >= 4 is 34.4 Å². The summed E-state index contributed by atoms with van der Waals surface area (Å²) in [6.07, 6.45) is 2.02. The highest BCUT2D eigenvalue weighted by Crippen LogP contribution is 2.31. The molecule has 1 fully saturated rings. The number of nitrogens with one attached hydrogen (secondary N) is 2. The predicted molar refractivity (Wildman–Crippen MR) is 133 cm³/mol. The molecule has 3 aromatic rings. The van der Waals surface area contributed by atoms with Crippen molar-refractivity contribution in [1.82, 2.24) is 20.2 Å². The molecule has 0 unspecified atom stereocenters. The monoisotopic (exact) mass is 497 g/mol. The fourth-order valence-electron chi connectivity index (χ4n) is 4.76. The Bertz CT molecular complexity index is 1240. The van der Waals surface area contributed by atoms with Crippen LogP contribution in [0.5, 0.6) is 5.75 Å². The number of fused-ring (bicyclic) bond motifs is 2. The zero-order chi connectivity index (χ0) is 24.4. The minimum absolute atomic E-state index is 0.0300. The van der Waals surface area contributed by atoms with Crippen LogP contribution in [-0.4, -0.2) is 71.0 Å². The normalized spacial score (nSPS) is 20.1. The molecule has 1 aromatic carbocycles. The first-order chi connectivity index (χ1) is 17.0. The minimum atomic E-state index is -0.421. The molecule has 2 aromatic heterocycles. The van der Waals surface area contributed by atoms with Gasteiger partial charge in [-0.3, -0.25) is 9.78 Å². The number of rotatable bonds is 8. The third kappa shape index (κ3) is 5.25. The van der Waals surface area contributed by atoms with Gasteiger partial charge in [0.1, 0.15) is 5.82 Å². The summed E-state index contributed by atoms with van der Waals surface area (Å²) in [6.45, 7) is 3.34. The number of methoxy groups -OCH3 is 1. The van der Waals surface area contributed by atoms with Gasteiger partial charge >= 0.3 is 0 Å². The number of anilines is 1. The summed E-state index contributed by atoms with van der Waals surface area (Å²) in [5.74, 6) is 0.943. The Morgan fingerprint density at radius 2 is 2.17 bits per heavy atom. The molecule has 5 rings (SSSR count). The van der Waals surface area contributed by atoms with Crippen LogP contribution in [0.1, 0.15) is 11.3 Å². The van der Waals surface area contributed by atoms with Crippen molar-refractivity contribution in [3.8, 4) is 5.75 Å². The Morgan fingerprint density at radius 3 is 3.03 bits per heavy atom. The summed E-state index contributed by atoms with van der Waals surface area (Å²) in [5, 5.41) is 17.5. The van der Waals surface area contributed by atoms with Crippen molar-refractivity contribution < 1.29 is 19.0 Å². The Morgan fingerprint density at radius 1 is 1.29 bits per heavy atom. The number of amides is 1. The summed E-state index contributed by atoms with van der Waals surface area (Å²) in [4.78, 5) is 23.7. The average molecular weight is 498 g/mol. The molecule has 4 heterocycles. The van der Waals surface area contributed by atoms with E-state index in [-0.39, 0.29) is 17.6 Å². The summed E-state index contributed by atoms with van der Waals surface area (Å²) >= 11 is 1.49. The van der Waals surface area contributed by atoms with E-state index in [0.717, 1.165) is 29.2 Å². The molecule has 1 saturated heterocycles. The van der Waals surface area contributed by atoms with Crippen LogP contribution in [0.4, 0.5) is 10.2 Å². The largest absolute Gasteiger partial charge is 0.493 e. The third-order valence-electron chi connectivity index (χ3n) is 6.53. The van der Waals surface area contributed by atoms with E-state index in [9.17, 15) is 14.3 Å². The van der Waals surface area contributed by atoms with Gasteiger partial charge in [0, 0.05) is 50.2 Å². The number of carbonyl (C=O) groups excluding carboxylic acids is 1. The second-order valence-electron chi connectivity index (χ2n) is 8.90. The molecular formula is C25H28FN5O3S. The first kappa shape index (κ1) is 23.9. The van der Waals surface area contributed by atoms with Crippen LogP contribution in [0.2, 0.25) is 0 Å². The number of nitrogens with zero attached hydrogens (tertiary/aromatic N) is 3. The molecule has 3 N–H and O–H groups in total. The number of aliphatic hydroxyl groups excluding tert-OH is 1. The van der Waals surface area contributed by atoms with Gasteiger partial charge in [-0.2, -0.15) is 0 Å². The van der Waals surface area contributed by atoms with Gasteiger partial charge in [0.2, 0.25) is 5.91 Å². The van der Waals surface area contributed by atoms with Gasteiger partial charge in [-0.15, -0.1) is 11.8 Å². The Balaban J connectivity index is 1.15. The number of thioether (sulfide) groups is 1. The van der Waals surface area contributed by atoms with E-state index in [4.69, 9.17) is 4.74 Å². The molecule has 0 saturated carbocycles. The van der Waals surface area contributed by atoms with Crippen LogP contribution in [0.15, 0.2) is 41.4 Å². The summed E-state index contributed by atoms with van der Waals surface area (Å²) in [6, 6.07) is 8.90. The van der Waals surface area contributed by atoms with Crippen LogP contribution in [0, 0.1) is 11.7 Å². The van der Waals surface area contributed by atoms with Crippen molar-refractivity contribution in [3.05, 3.63) is 53.6 Å². The van der Waals surface area contributed by atoms with E-state index in [0.29, 0.717) is 48.5 Å². The van der Waals surface area contributed by atoms with E-state index in [1.165, 1.54) is 24.9 Å². The standard InChI is InChI=1S/C25H28FN5O3S/c1-34-24-18(26)3-4-19-23(24)15(6-8-28-19)7-9-31-12-16(20(32)13-31)10-27-11-17-2-5-21-25(29-17)30-22(33)14-35-21/h2-6,8,16,20,27,32H,7,9-14H2,1H3,(H,29,30,33)/t16-,20+/m0/s1. The molecule has 1 amide bonds. The number of hydrogen-bond acceptors (Lipinski definition) is 8. The quantitative estimate of drug-likeness (QED) is 0.437. The Labute approximate surface area is 207 Å². The second kappa shape index (κ2) is 10.4. The fraction of sp³-hybridized carbons (Fsp3) is 0.400. The fourth-order valence-corrected chi connectivity index (χ4v) is 5.51. The van der Waals surface area contributed by atoms with Gasteiger partial charge in [-0.25, -0.2) is 9.37 Å². The van der Waals surface area contributed by atoms with E-state index < -0.39 is 11.9 Å². The lowest BCUT2D eigenvalue weighted by Gasteiger charge is -2.18. The van der Waals surface area contributed by atoms with Crippen molar-refractivity contribution in [1.29, 1.82) is 0 Å². The number of β-amino-alcohol motifs (C(OH)–C–C–N with tert-alkyl or cyclic N) is 1. The second-order valence-corrected chi connectivity index (χ2v) is 9.92. The Kier molecular flexibility index (Phi) is 7.14. The maximum atomic E-state index is 14.3. The molecule has 0 radical (unpaired) electrons. The van der Waals surface area contributed by atoms with Crippen LogP contribution in [0.25, 0.3) is 10.9 Å². The smallest absolute Gasteiger partial charge is 0.235 e. The van der Waals surface area contributed by atoms with Crippen molar-refractivity contribution in [2.24, 2.45) is 5.92 Å². The molecule has 8 nitrogen and oxygen atoms in total. The molecule has 184 valence electrons. The van der Waals surface area contributed by atoms with E-state index in [2.05, 4.69) is 25.5 Å². The molecule has 0 spiro atoms. The number of likely N-dealkylation sites (tertiary alicyclic amines) is 1. The maximum Gasteiger partial charge on any atom is 0.235 e. The number of benzene rings is 1. The van der Waals surface area contributed by atoms with Crippen LogP contribution in [-0.2, 0) is 17.8 Å². The van der Waals surface area contributed by atoms with Gasteiger partial charge in [0.25, 0.3) is 0 Å². The molecule has 0 bridgehead atoms. The van der Waals surface area contributed by atoms with E-state index >= 15 is 0 Å². The lowest BCUT2D eigenvalue weighted by molar-refractivity contribution is -0.113. The third-order valence-corrected chi connectivity index (χ3v) is 7.57. The highest BCUT2D eigenvalue weighted by atomic mass is 32.2. The number of hydrogen-bond donors (Lipinski definition) is 3.